The van der Waals surface area contributed by atoms with Crippen LogP contribution in [0.15, 0.2) is 54.1 Å². The summed E-state index contributed by atoms with van der Waals surface area (Å²) in [5.41, 5.74) is 4.28. The van der Waals surface area contributed by atoms with E-state index in [9.17, 15) is 14.4 Å². The molecule has 1 saturated heterocycles. The molecular formula is C25H21Cl2N3O3. The van der Waals surface area contributed by atoms with Crippen molar-refractivity contribution in [2.45, 2.75) is 27.2 Å². The molecule has 0 aliphatic carbocycles. The van der Waals surface area contributed by atoms with Gasteiger partial charge < -0.3 is 4.57 Å². The number of aryl methyl sites for hydroxylation is 2. The van der Waals surface area contributed by atoms with Crippen LogP contribution in [-0.4, -0.2) is 22.4 Å². The van der Waals surface area contributed by atoms with Crippen LogP contribution in [0.3, 0.4) is 0 Å². The summed E-state index contributed by atoms with van der Waals surface area (Å²) in [6.45, 7) is 5.76. The number of anilines is 1. The Balaban J connectivity index is 1.76. The Labute approximate surface area is 201 Å². The normalized spacial score (nSPS) is 15.4. The van der Waals surface area contributed by atoms with E-state index in [4.69, 9.17) is 23.2 Å². The number of benzene rings is 2. The number of amides is 4. The predicted molar refractivity (Wildman–Crippen MR) is 130 cm³/mol. The van der Waals surface area contributed by atoms with Gasteiger partial charge in [-0.25, -0.2) is 9.69 Å². The Morgan fingerprint density at radius 2 is 1.70 bits per heavy atom. The highest BCUT2D eigenvalue weighted by Gasteiger charge is 2.37. The minimum Gasteiger partial charge on any atom is -0.316 e. The molecule has 1 aliphatic heterocycles. The van der Waals surface area contributed by atoms with Crippen LogP contribution >= 0.6 is 23.2 Å². The summed E-state index contributed by atoms with van der Waals surface area (Å²) in [5.74, 6) is -1.42. The molecule has 4 amide bonds. The summed E-state index contributed by atoms with van der Waals surface area (Å²) in [6, 6.07) is 13.5. The SMILES string of the molecule is CCc1ccc(N2C(=O)NC(=O)/C(=C/c3cc(C)n(-c4cccc(Cl)c4Cl)c3C)C2=O)cc1. The van der Waals surface area contributed by atoms with E-state index in [0.29, 0.717) is 27.0 Å². The number of hydrogen-bond donors (Lipinski definition) is 1. The summed E-state index contributed by atoms with van der Waals surface area (Å²) in [4.78, 5) is 39.2. The number of carbonyl (C=O) groups is 3. The molecule has 0 radical (unpaired) electrons. The minimum absolute atomic E-state index is 0.133. The molecule has 8 heteroatoms. The van der Waals surface area contributed by atoms with Crippen LogP contribution in [0.25, 0.3) is 11.8 Å². The average molecular weight is 482 g/mol. The number of rotatable bonds is 4. The second-order valence-corrected chi connectivity index (χ2v) is 8.50. The molecule has 1 aromatic heterocycles. The second kappa shape index (κ2) is 8.89. The summed E-state index contributed by atoms with van der Waals surface area (Å²) in [6.07, 6.45) is 2.32. The van der Waals surface area contributed by atoms with E-state index in [1.807, 2.05) is 49.6 Å². The van der Waals surface area contributed by atoms with Gasteiger partial charge in [0.05, 0.1) is 21.4 Å². The zero-order chi connectivity index (χ0) is 23.9. The zero-order valence-electron chi connectivity index (χ0n) is 18.3. The monoisotopic (exact) mass is 481 g/mol. The van der Waals surface area contributed by atoms with Crippen molar-refractivity contribution in [1.82, 2.24) is 9.88 Å². The molecule has 1 fully saturated rings. The van der Waals surface area contributed by atoms with Gasteiger partial charge >= 0.3 is 6.03 Å². The minimum atomic E-state index is -0.775. The third-order valence-corrected chi connectivity index (χ3v) is 6.46. The fourth-order valence-corrected chi connectivity index (χ4v) is 4.28. The standard InChI is InChI=1S/C25H21Cl2N3O3/c1-4-16-8-10-18(11-9-16)30-24(32)19(23(31)28-25(30)33)13-17-12-14(2)29(15(17)3)21-7-5-6-20(26)22(21)27/h5-13H,4H2,1-3H3,(H,28,31,33)/b19-13-. The number of aromatic nitrogens is 1. The molecule has 1 aliphatic rings. The maximum Gasteiger partial charge on any atom is 0.335 e. The average Bonchev–Trinajstić information content (AvgIpc) is 3.06. The number of nitrogens with one attached hydrogen (secondary N) is 1. The molecule has 0 bridgehead atoms. The summed E-state index contributed by atoms with van der Waals surface area (Å²) in [5, 5.41) is 3.08. The van der Waals surface area contributed by atoms with E-state index in [-0.39, 0.29) is 5.57 Å². The summed E-state index contributed by atoms with van der Waals surface area (Å²) < 4.78 is 1.90. The molecule has 33 heavy (non-hydrogen) atoms. The third-order valence-electron chi connectivity index (χ3n) is 5.65. The fourth-order valence-electron chi connectivity index (χ4n) is 3.90. The van der Waals surface area contributed by atoms with Gasteiger partial charge in [-0.2, -0.15) is 0 Å². The van der Waals surface area contributed by atoms with Gasteiger partial charge in [0.15, 0.2) is 0 Å². The topological polar surface area (TPSA) is 71.4 Å². The summed E-state index contributed by atoms with van der Waals surface area (Å²) >= 11 is 12.6. The first-order chi connectivity index (χ1) is 15.7. The van der Waals surface area contributed by atoms with Crippen molar-refractivity contribution < 1.29 is 14.4 Å². The largest absolute Gasteiger partial charge is 0.335 e. The Kier molecular flexibility index (Phi) is 6.15. The molecule has 0 saturated carbocycles. The Hall–Kier alpha value is -3.35. The van der Waals surface area contributed by atoms with Gasteiger partial charge in [-0.05, 0) is 67.8 Å². The lowest BCUT2D eigenvalue weighted by Gasteiger charge is -2.26. The fraction of sp³-hybridized carbons (Fsp3) is 0.160. The van der Waals surface area contributed by atoms with Crippen LogP contribution < -0.4 is 10.2 Å². The van der Waals surface area contributed by atoms with Crippen LogP contribution in [0.1, 0.15) is 29.4 Å². The van der Waals surface area contributed by atoms with Gasteiger partial charge in [-0.15, -0.1) is 0 Å². The molecule has 2 heterocycles. The maximum absolute atomic E-state index is 13.2. The smallest absolute Gasteiger partial charge is 0.316 e. The number of halogens is 2. The third kappa shape index (κ3) is 4.08. The molecule has 0 unspecified atom stereocenters. The van der Waals surface area contributed by atoms with Gasteiger partial charge in [0.25, 0.3) is 11.8 Å². The predicted octanol–water partition coefficient (Wildman–Crippen LogP) is 5.63. The lowest BCUT2D eigenvalue weighted by atomic mass is 10.1. The number of hydrogen-bond acceptors (Lipinski definition) is 3. The molecular weight excluding hydrogens is 461 g/mol. The maximum atomic E-state index is 13.2. The number of carbonyl (C=O) groups excluding carboxylic acids is 3. The van der Waals surface area contributed by atoms with Crippen LogP contribution in [0.2, 0.25) is 10.0 Å². The van der Waals surface area contributed by atoms with Crippen molar-refractivity contribution in [3.05, 3.63) is 86.7 Å². The van der Waals surface area contributed by atoms with Crippen LogP contribution in [0.4, 0.5) is 10.5 Å². The number of imide groups is 2. The first-order valence-electron chi connectivity index (χ1n) is 10.4. The highest BCUT2D eigenvalue weighted by atomic mass is 35.5. The Bertz CT molecular complexity index is 1320. The van der Waals surface area contributed by atoms with Crippen LogP contribution in [0.5, 0.6) is 0 Å². The van der Waals surface area contributed by atoms with Crippen molar-refractivity contribution in [2.75, 3.05) is 4.90 Å². The van der Waals surface area contributed by atoms with E-state index in [1.54, 1.807) is 24.3 Å². The van der Waals surface area contributed by atoms with Gasteiger partial charge in [0.2, 0.25) is 0 Å². The van der Waals surface area contributed by atoms with Gasteiger partial charge in [0, 0.05) is 11.4 Å². The first-order valence-corrected chi connectivity index (χ1v) is 11.1. The number of nitrogens with zero attached hydrogens (tertiary/aromatic N) is 2. The summed E-state index contributed by atoms with van der Waals surface area (Å²) in [7, 11) is 0. The van der Waals surface area contributed by atoms with E-state index >= 15 is 0 Å². The van der Waals surface area contributed by atoms with Gasteiger partial charge in [-0.3, -0.25) is 14.9 Å². The molecule has 6 nitrogen and oxygen atoms in total. The quantitative estimate of drug-likeness (QED) is 0.387. The molecule has 168 valence electrons. The lowest BCUT2D eigenvalue weighted by Crippen LogP contribution is -2.54. The van der Waals surface area contributed by atoms with Crippen LogP contribution in [0, 0.1) is 13.8 Å². The van der Waals surface area contributed by atoms with Crippen molar-refractivity contribution in [2.24, 2.45) is 0 Å². The van der Waals surface area contributed by atoms with Crippen molar-refractivity contribution in [3.8, 4) is 5.69 Å². The Morgan fingerprint density at radius 3 is 2.36 bits per heavy atom. The van der Waals surface area contributed by atoms with Crippen molar-refractivity contribution in [1.29, 1.82) is 0 Å². The number of urea groups is 1. The van der Waals surface area contributed by atoms with E-state index in [2.05, 4.69) is 5.32 Å². The molecule has 1 N–H and O–H groups in total. The van der Waals surface area contributed by atoms with E-state index in [1.165, 1.54) is 6.08 Å². The van der Waals surface area contributed by atoms with Gasteiger partial charge in [-0.1, -0.05) is 48.3 Å². The number of barbiturate groups is 1. The van der Waals surface area contributed by atoms with Gasteiger partial charge in [0.1, 0.15) is 5.57 Å². The van der Waals surface area contributed by atoms with Crippen molar-refractivity contribution >= 4 is 52.8 Å². The van der Waals surface area contributed by atoms with E-state index in [0.717, 1.165) is 28.3 Å². The molecule has 0 spiro atoms. The highest BCUT2D eigenvalue weighted by molar-refractivity contribution is 6.43. The molecule has 0 atom stereocenters. The Morgan fingerprint density at radius 1 is 1.00 bits per heavy atom. The lowest BCUT2D eigenvalue weighted by molar-refractivity contribution is -0.122. The van der Waals surface area contributed by atoms with Crippen molar-refractivity contribution in [3.63, 3.8) is 0 Å². The zero-order valence-corrected chi connectivity index (χ0v) is 19.8. The molecule has 3 aromatic rings. The molecule has 4 rings (SSSR count). The molecule has 2 aromatic carbocycles. The van der Waals surface area contributed by atoms with E-state index < -0.39 is 17.8 Å². The second-order valence-electron chi connectivity index (χ2n) is 7.71. The first kappa shape index (κ1) is 22.8. The highest BCUT2D eigenvalue weighted by Crippen LogP contribution is 2.32. The van der Waals surface area contributed by atoms with Crippen LogP contribution in [-0.2, 0) is 16.0 Å².